The minimum atomic E-state index is -4.86. The molecule has 1 aliphatic rings. The molecule has 8 nitrogen and oxygen atoms in total. The summed E-state index contributed by atoms with van der Waals surface area (Å²) in [6.45, 7) is 1.96. The van der Waals surface area contributed by atoms with E-state index in [-0.39, 0.29) is 13.1 Å². The number of nitrogens with one attached hydrogen (secondary N) is 1. The lowest BCUT2D eigenvalue weighted by atomic mass is 10.1. The summed E-state index contributed by atoms with van der Waals surface area (Å²) in [6, 6.07) is 2.74. The molecular formula is C19H17F4N7OS. The molecule has 3 heterocycles. The van der Waals surface area contributed by atoms with Crippen LogP contribution in [0.15, 0.2) is 36.9 Å². The van der Waals surface area contributed by atoms with Crippen molar-refractivity contribution < 1.29 is 22.4 Å². The van der Waals surface area contributed by atoms with Gasteiger partial charge in [0, 0.05) is 44.3 Å². The number of carbonyl (C=O) groups is 1. The maximum Gasteiger partial charge on any atom is 0.419 e. The highest BCUT2D eigenvalue weighted by Crippen LogP contribution is 2.32. The first-order valence-electron chi connectivity index (χ1n) is 9.53. The number of hydrogen-bond acceptors (Lipinski definition) is 8. The average molecular weight is 467 g/mol. The SMILES string of the molecule is O=C(c1cccc(C(F)(F)F)c1F)N1CCN(Cc2cnc(Nc3ncns3)cn2)CC1. The zero-order valence-electron chi connectivity index (χ0n) is 16.5. The number of hydrogen-bond donors (Lipinski definition) is 1. The van der Waals surface area contributed by atoms with Gasteiger partial charge in [-0.15, -0.1) is 0 Å². The van der Waals surface area contributed by atoms with E-state index in [1.165, 1.54) is 22.8 Å². The Morgan fingerprint density at radius 1 is 1.09 bits per heavy atom. The van der Waals surface area contributed by atoms with Crippen molar-refractivity contribution in [2.75, 3.05) is 31.5 Å². The van der Waals surface area contributed by atoms with E-state index >= 15 is 0 Å². The van der Waals surface area contributed by atoms with E-state index in [2.05, 4.69) is 24.6 Å². The molecule has 0 unspecified atom stereocenters. The Labute approximate surface area is 184 Å². The predicted molar refractivity (Wildman–Crippen MR) is 108 cm³/mol. The Kier molecular flexibility index (Phi) is 6.28. The predicted octanol–water partition coefficient (Wildman–Crippen LogP) is 3.19. The minimum absolute atomic E-state index is 0.263. The number of rotatable bonds is 5. The van der Waals surface area contributed by atoms with Crippen LogP contribution in [-0.4, -0.2) is 61.2 Å². The summed E-state index contributed by atoms with van der Waals surface area (Å²) in [6.07, 6.45) is -0.227. The van der Waals surface area contributed by atoms with Crippen molar-refractivity contribution in [3.05, 3.63) is 59.6 Å². The fraction of sp³-hybridized carbons (Fsp3) is 0.316. The zero-order chi connectivity index (χ0) is 22.7. The smallest absolute Gasteiger partial charge is 0.336 e. The quantitative estimate of drug-likeness (QED) is 0.577. The number of halogens is 4. The zero-order valence-corrected chi connectivity index (χ0v) is 17.3. The summed E-state index contributed by atoms with van der Waals surface area (Å²) in [7, 11) is 0. The van der Waals surface area contributed by atoms with Crippen molar-refractivity contribution in [3.63, 3.8) is 0 Å². The first-order valence-corrected chi connectivity index (χ1v) is 10.3. The first-order chi connectivity index (χ1) is 15.3. The molecule has 13 heteroatoms. The molecule has 1 N–H and O–H groups in total. The van der Waals surface area contributed by atoms with Crippen LogP contribution in [0.1, 0.15) is 21.6 Å². The highest BCUT2D eigenvalue weighted by molar-refractivity contribution is 7.09. The Balaban J connectivity index is 1.33. The van der Waals surface area contributed by atoms with E-state index in [0.29, 0.717) is 36.7 Å². The molecule has 0 bridgehead atoms. The van der Waals surface area contributed by atoms with E-state index < -0.39 is 29.0 Å². The number of aromatic nitrogens is 4. The third-order valence-corrected chi connectivity index (χ3v) is 5.46. The molecular weight excluding hydrogens is 450 g/mol. The number of carbonyl (C=O) groups excluding carboxylic acids is 1. The number of piperazine rings is 1. The highest BCUT2D eigenvalue weighted by atomic mass is 32.1. The van der Waals surface area contributed by atoms with Crippen LogP contribution in [0.5, 0.6) is 0 Å². The molecule has 168 valence electrons. The van der Waals surface area contributed by atoms with Crippen LogP contribution in [-0.2, 0) is 12.7 Å². The molecule has 1 aromatic carbocycles. The third kappa shape index (κ3) is 4.99. The third-order valence-electron chi connectivity index (χ3n) is 4.88. The van der Waals surface area contributed by atoms with Gasteiger partial charge >= 0.3 is 6.18 Å². The maximum absolute atomic E-state index is 14.3. The number of nitrogens with zero attached hydrogens (tertiary/aromatic N) is 6. The highest BCUT2D eigenvalue weighted by Gasteiger charge is 2.36. The summed E-state index contributed by atoms with van der Waals surface area (Å²) in [5.74, 6) is -1.76. The molecule has 0 aliphatic carbocycles. The van der Waals surface area contributed by atoms with Gasteiger partial charge in [-0.3, -0.25) is 14.7 Å². The van der Waals surface area contributed by atoms with Gasteiger partial charge in [0.05, 0.1) is 29.2 Å². The standard InChI is InChI=1S/C19H17F4N7OS/c20-16-13(2-1-3-14(16)19(21,22)23)17(31)30-6-4-29(5-7-30)10-12-8-25-15(9-24-12)28-18-26-11-27-32-18/h1-3,8-9,11H,4-7,10H2,(H,25,26,27,28). The lowest BCUT2D eigenvalue weighted by Gasteiger charge is -2.34. The van der Waals surface area contributed by atoms with Gasteiger partial charge in [0.1, 0.15) is 12.1 Å². The number of amides is 1. The van der Waals surface area contributed by atoms with Crippen LogP contribution in [0.2, 0.25) is 0 Å². The lowest BCUT2D eigenvalue weighted by Crippen LogP contribution is -2.48. The van der Waals surface area contributed by atoms with Gasteiger partial charge in [0.25, 0.3) is 5.91 Å². The molecule has 1 aliphatic heterocycles. The molecule has 1 saturated heterocycles. The summed E-state index contributed by atoms with van der Waals surface area (Å²) in [5, 5.41) is 3.58. The second-order valence-electron chi connectivity index (χ2n) is 7.00. The normalized spacial score (nSPS) is 15.1. The van der Waals surface area contributed by atoms with Crippen LogP contribution in [0, 0.1) is 5.82 Å². The lowest BCUT2D eigenvalue weighted by molar-refractivity contribution is -0.140. The maximum atomic E-state index is 14.3. The molecule has 2 aromatic heterocycles. The van der Waals surface area contributed by atoms with Gasteiger partial charge in [0.15, 0.2) is 5.82 Å². The van der Waals surface area contributed by atoms with Crippen molar-refractivity contribution in [1.29, 1.82) is 0 Å². The van der Waals surface area contributed by atoms with E-state index in [0.717, 1.165) is 17.8 Å². The van der Waals surface area contributed by atoms with Crippen LogP contribution < -0.4 is 5.32 Å². The minimum Gasteiger partial charge on any atom is -0.336 e. The molecule has 3 aromatic rings. The van der Waals surface area contributed by atoms with Crippen LogP contribution >= 0.6 is 11.5 Å². The molecule has 1 fully saturated rings. The monoisotopic (exact) mass is 467 g/mol. The van der Waals surface area contributed by atoms with Crippen LogP contribution in [0.25, 0.3) is 0 Å². The van der Waals surface area contributed by atoms with Crippen LogP contribution in [0.4, 0.5) is 28.5 Å². The van der Waals surface area contributed by atoms with Gasteiger partial charge in [-0.25, -0.2) is 14.4 Å². The van der Waals surface area contributed by atoms with E-state index in [9.17, 15) is 22.4 Å². The van der Waals surface area contributed by atoms with E-state index in [1.807, 2.05) is 4.90 Å². The van der Waals surface area contributed by atoms with Gasteiger partial charge in [-0.2, -0.15) is 17.5 Å². The molecule has 0 saturated carbocycles. The van der Waals surface area contributed by atoms with Gasteiger partial charge in [-0.05, 0) is 12.1 Å². The fourth-order valence-corrected chi connectivity index (χ4v) is 3.70. The second kappa shape index (κ2) is 9.12. The molecule has 1 amide bonds. The van der Waals surface area contributed by atoms with Gasteiger partial charge < -0.3 is 10.2 Å². The summed E-state index contributed by atoms with van der Waals surface area (Å²) >= 11 is 1.19. The number of anilines is 2. The molecule has 4 rings (SSSR count). The molecule has 32 heavy (non-hydrogen) atoms. The van der Waals surface area contributed by atoms with Crippen LogP contribution in [0.3, 0.4) is 0 Å². The van der Waals surface area contributed by atoms with E-state index in [4.69, 9.17) is 0 Å². The van der Waals surface area contributed by atoms with Crippen molar-refractivity contribution in [2.24, 2.45) is 0 Å². The Hall–Kier alpha value is -3.19. The fourth-order valence-electron chi connectivity index (χ4n) is 3.26. The van der Waals surface area contributed by atoms with Crippen molar-refractivity contribution in [1.82, 2.24) is 29.1 Å². The van der Waals surface area contributed by atoms with Crippen molar-refractivity contribution >= 4 is 28.4 Å². The first kappa shape index (κ1) is 22.0. The van der Waals surface area contributed by atoms with E-state index in [1.54, 1.807) is 12.4 Å². The molecule has 0 spiro atoms. The summed E-state index contributed by atoms with van der Waals surface area (Å²) in [4.78, 5) is 28.6. The number of alkyl halides is 3. The van der Waals surface area contributed by atoms with Gasteiger partial charge in [0.2, 0.25) is 5.13 Å². The van der Waals surface area contributed by atoms with Gasteiger partial charge in [-0.1, -0.05) is 6.07 Å². The Bertz CT molecular complexity index is 1070. The molecule has 0 radical (unpaired) electrons. The largest absolute Gasteiger partial charge is 0.419 e. The Morgan fingerprint density at radius 2 is 1.88 bits per heavy atom. The number of benzene rings is 1. The summed E-state index contributed by atoms with van der Waals surface area (Å²) < 4.78 is 56.9. The topological polar surface area (TPSA) is 87.1 Å². The average Bonchev–Trinajstić information content (AvgIpc) is 3.28. The molecule has 0 atom stereocenters. The second-order valence-corrected chi connectivity index (χ2v) is 7.78. The van der Waals surface area contributed by atoms with Crippen molar-refractivity contribution in [3.8, 4) is 0 Å². The Morgan fingerprint density at radius 3 is 2.50 bits per heavy atom. The van der Waals surface area contributed by atoms with Crippen molar-refractivity contribution in [2.45, 2.75) is 12.7 Å². The summed E-state index contributed by atoms with van der Waals surface area (Å²) in [5.41, 5.74) is -1.29.